The van der Waals surface area contributed by atoms with Crippen molar-refractivity contribution >= 4 is 18.0 Å². The molecule has 31 heavy (non-hydrogen) atoms. The molecule has 1 fully saturated rings. The van der Waals surface area contributed by atoms with Gasteiger partial charge in [0.05, 0.1) is 12.0 Å². The van der Waals surface area contributed by atoms with Crippen LogP contribution in [0.25, 0.3) is 11.1 Å². The summed E-state index contributed by atoms with van der Waals surface area (Å²) in [5.74, 6) is -1.65. The SMILES string of the molecule is O=C(CNC(=O)OCC1c2ccccc2-c2ccccc21)NCOC1CC(C(=O)O)C1. The summed E-state index contributed by atoms with van der Waals surface area (Å²) in [6.07, 6.45) is 0.0737. The monoisotopic (exact) mass is 424 g/mol. The maximum atomic E-state index is 12.1. The Kier molecular flexibility index (Phi) is 6.18. The predicted octanol–water partition coefficient (Wildman–Crippen LogP) is 2.48. The quantitative estimate of drug-likeness (QED) is 0.561. The van der Waals surface area contributed by atoms with Crippen LogP contribution in [0.3, 0.4) is 0 Å². The smallest absolute Gasteiger partial charge is 0.407 e. The molecule has 2 aliphatic carbocycles. The van der Waals surface area contributed by atoms with Gasteiger partial charge in [-0.25, -0.2) is 4.79 Å². The van der Waals surface area contributed by atoms with Crippen LogP contribution in [-0.4, -0.2) is 49.1 Å². The molecule has 0 radical (unpaired) electrons. The number of nitrogens with one attached hydrogen (secondary N) is 2. The molecule has 2 aliphatic rings. The van der Waals surface area contributed by atoms with Gasteiger partial charge in [0.15, 0.2) is 0 Å². The Labute approximate surface area is 179 Å². The van der Waals surface area contributed by atoms with Crippen LogP contribution in [0.4, 0.5) is 4.79 Å². The maximum Gasteiger partial charge on any atom is 0.407 e. The van der Waals surface area contributed by atoms with Gasteiger partial charge in [-0.2, -0.15) is 0 Å². The molecule has 2 aromatic rings. The molecule has 0 spiro atoms. The molecule has 8 heteroatoms. The standard InChI is InChI=1S/C23H24N2O6/c26-21(25-13-31-15-9-14(10-15)22(27)28)11-24-23(29)30-12-20-18-7-3-1-5-16(18)17-6-2-4-8-19(17)20/h1-8,14-15,20H,9-13H2,(H,24,29)(H,25,26)(H,27,28). The summed E-state index contributed by atoms with van der Waals surface area (Å²) in [5.41, 5.74) is 4.53. The van der Waals surface area contributed by atoms with E-state index in [1.54, 1.807) is 0 Å². The Morgan fingerprint density at radius 3 is 2.16 bits per heavy atom. The molecule has 0 bridgehead atoms. The van der Waals surface area contributed by atoms with Crippen molar-refractivity contribution in [3.05, 3.63) is 59.7 Å². The van der Waals surface area contributed by atoms with E-state index in [0.717, 1.165) is 22.3 Å². The second kappa shape index (κ2) is 9.18. The molecule has 0 heterocycles. The van der Waals surface area contributed by atoms with Gasteiger partial charge in [0, 0.05) is 5.92 Å². The summed E-state index contributed by atoms with van der Waals surface area (Å²) in [5, 5.41) is 13.8. The molecule has 0 aromatic heterocycles. The minimum atomic E-state index is -0.823. The largest absolute Gasteiger partial charge is 0.481 e. The molecule has 4 rings (SSSR count). The number of alkyl carbamates (subject to hydrolysis) is 1. The lowest BCUT2D eigenvalue weighted by molar-refractivity contribution is -0.152. The van der Waals surface area contributed by atoms with Crippen molar-refractivity contribution in [3.63, 3.8) is 0 Å². The Bertz CT molecular complexity index is 940. The zero-order valence-corrected chi connectivity index (χ0v) is 16.9. The zero-order chi connectivity index (χ0) is 21.8. The van der Waals surface area contributed by atoms with Gasteiger partial charge in [-0.3, -0.25) is 9.59 Å². The van der Waals surface area contributed by atoms with Crippen molar-refractivity contribution in [3.8, 4) is 11.1 Å². The number of carboxylic acid groups (broad SMARTS) is 1. The first-order chi connectivity index (χ1) is 15.0. The Morgan fingerprint density at radius 1 is 0.935 bits per heavy atom. The van der Waals surface area contributed by atoms with Crippen molar-refractivity contribution in [1.29, 1.82) is 0 Å². The number of hydrogen-bond donors (Lipinski definition) is 3. The Balaban J connectivity index is 1.18. The van der Waals surface area contributed by atoms with E-state index in [4.69, 9.17) is 14.6 Å². The third kappa shape index (κ3) is 4.69. The molecular formula is C23H24N2O6. The van der Waals surface area contributed by atoms with Crippen LogP contribution in [-0.2, 0) is 19.1 Å². The fraction of sp³-hybridized carbons (Fsp3) is 0.348. The minimum absolute atomic E-state index is 0.0256. The first-order valence-electron chi connectivity index (χ1n) is 10.2. The summed E-state index contributed by atoms with van der Waals surface area (Å²) >= 11 is 0. The van der Waals surface area contributed by atoms with Gasteiger partial charge in [0.2, 0.25) is 5.91 Å². The van der Waals surface area contributed by atoms with Gasteiger partial charge in [-0.05, 0) is 35.1 Å². The molecule has 0 aliphatic heterocycles. The van der Waals surface area contributed by atoms with Gasteiger partial charge in [-0.15, -0.1) is 0 Å². The lowest BCUT2D eigenvalue weighted by Gasteiger charge is -2.31. The van der Waals surface area contributed by atoms with Crippen LogP contribution >= 0.6 is 0 Å². The topological polar surface area (TPSA) is 114 Å². The van der Waals surface area contributed by atoms with E-state index in [1.807, 2.05) is 36.4 Å². The van der Waals surface area contributed by atoms with E-state index in [1.165, 1.54) is 0 Å². The maximum absolute atomic E-state index is 12.1. The number of carbonyl (C=O) groups is 3. The number of rotatable bonds is 8. The Morgan fingerprint density at radius 2 is 1.55 bits per heavy atom. The molecule has 0 atom stereocenters. The summed E-state index contributed by atoms with van der Waals surface area (Å²) in [6, 6.07) is 16.1. The third-order valence-electron chi connectivity index (χ3n) is 5.77. The Hall–Kier alpha value is -3.39. The first-order valence-corrected chi connectivity index (χ1v) is 10.2. The van der Waals surface area contributed by atoms with E-state index in [2.05, 4.69) is 22.8 Å². The average Bonchev–Trinajstić information content (AvgIpc) is 3.06. The summed E-state index contributed by atoms with van der Waals surface area (Å²) in [7, 11) is 0. The number of carboxylic acids is 1. The molecule has 0 saturated heterocycles. The van der Waals surface area contributed by atoms with Crippen molar-refractivity contribution in [2.24, 2.45) is 5.92 Å². The van der Waals surface area contributed by atoms with Gasteiger partial charge >= 0.3 is 12.1 Å². The van der Waals surface area contributed by atoms with Crippen LogP contribution < -0.4 is 10.6 Å². The minimum Gasteiger partial charge on any atom is -0.481 e. The number of aliphatic carboxylic acids is 1. The van der Waals surface area contributed by atoms with Gasteiger partial charge in [-0.1, -0.05) is 48.5 Å². The number of carbonyl (C=O) groups excluding carboxylic acids is 2. The van der Waals surface area contributed by atoms with Crippen LogP contribution in [0.2, 0.25) is 0 Å². The number of ether oxygens (including phenoxy) is 2. The second-order valence-corrected chi connectivity index (χ2v) is 7.72. The molecule has 2 amide bonds. The third-order valence-corrected chi connectivity index (χ3v) is 5.77. The number of hydrogen-bond acceptors (Lipinski definition) is 5. The lowest BCUT2D eigenvalue weighted by Crippen LogP contribution is -2.42. The summed E-state index contributed by atoms with van der Waals surface area (Å²) in [6.45, 7) is -0.0817. The van der Waals surface area contributed by atoms with Crippen LogP contribution in [0.5, 0.6) is 0 Å². The summed E-state index contributed by atoms with van der Waals surface area (Å²) < 4.78 is 10.8. The summed E-state index contributed by atoms with van der Waals surface area (Å²) in [4.78, 5) is 34.6. The van der Waals surface area contributed by atoms with E-state index in [-0.39, 0.29) is 37.8 Å². The molecule has 162 valence electrons. The van der Waals surface area contributed by atoms with E-state index in [9.17, 15) is 14.4 Å². The predicted molar refractivity (Wildman–Crippen MR) is 111 cm³/mol. The molecule has 0 unspecified atom stereocenters. The van der Waals surface area contributed by atoms with E-state index < -0.39 is 18.0 Å². The second-order valence-electron chi connectivity index (χ2n) is 7.72. The molecular weight excluding hydrogens is 400 g/mol. The number of fused-ring (bicyclic) bond motifs is 3. The number of benzene rings is 2. The highest BCUT2D eigenvalue weighted by Gasteiger charge is 2.35. The van der Waals surface area contributed by atoms with Gasteiger partial charge in [0.1, 0.15) is 19.9 Å². The highest BCUT2D eigenvalue weighted by molar-refractivity contribution is 5.82. The van der Waals surface area contributed by atoms with E-state index >= 15 is 0 Å². The fourth-order valence-electron chi connectivity index (χ4n) is 4.01. The lowest BCUT2D eigenvalue weighted by atomic mass is 9.82. The molecule has 3 N–H and O–H groups in total. The van der Waals surface area contributed by atoms with Crippen LogP contribution in [0, 0.1) is 5.92 Å². The molecule has 1 saturated carbocycles. The number of amides is 2. The average molecular weight is 424 g/mol. The van der Waals surface area contributed by atoms with E-state index in [0.29, 0.717) is 12.8 Å². The highest BCUT2D eigenvalue weighted by Crippen LogP contribution is 2.44. The van der Waals surface area contributed by atoms with Gasteiger partial charge < -0.3 is 25.2 Å². The molecule has 2 aromatic carbocycles. The van der Waals surface area contributed by atoms with Crippen molar-refractivity contribution in [2.45, 2.75) is 24.9 Å². The van der Waals surface area contributed by atoms with Crippen LogP contribution in [0.15, 0.2) is 48.5 Å². The molecule has 8 nitrogen and oxygen atoms in total. The highest BCUT2D eigenvalue weighted by atomic mass is 16.5. The van der Waals surface area contributed by atoms with Crippen molar-refractivity contribution in [2.75, 3.05) is 19.9 Å². The van der Waals surface area contributed by atoms with Gasteiger partial charge in [0.25, 0.3) is 0 Å². The normalized spacial score (nSPS) is 19.0. The fourth-order valence-corrected chi connectivity index (χ4v) is 4.01. The van der Waals surface area contributed by atoms with Crippen LogP contribution in [0.1, 0.15) is 29.9 Å². The van der Waals surface area contributed by atoms with Crippen molar-refractivity contribution < 1.29 is 29.0 Å². The zero-order valence-electron chi connectivity index (χ0n) is 16.9. The first kappa shape index (κ1) is 20.9. The van der Waals surface area contributed by atoms with Crippen molar-refractivity contribution in [1.82, 2.24) is 10.6 Å².